The van der Waals surface area contributed by atoms with Gasteiger partial charge in [-0.2, -0.15) is 0 Å². The number of halogens is 2. The maximum Gasteiger partial charge on any atom is 0.335 e. The summed E-state index contributed by atoms with van der Waals surface area (Å²) in [4.78, 5) is 15.5. The first-order chi connectivity index (χ1) is 10.5. The van der Waals surface area contributed by atoms with Crippen LogP contribution in [0.15, 0.2) is 36.4 Å². The summed E-state index contributed by atoms with van der Waals surface area (Å²) in [5, 5.41) is 13.1. The molecule has 0 aliphatic rings. The van der Waals surface area contributed by atoms with Gasteiger partial charge in [0.25, 0.3) is 0 Å². The molecule has 3 aromatic rings. The predicted molar refractivity (Wildman–Crippen MR) is 87.4 cm³/mol. The van der Waals surface area contributed by atoms with E-state index < -0.39 is 5.97 Å². The number of benzene rings is 2. The molecule has 0 atom stereocenters. The first-order valence-electron chi connectivity index (χ1n) is 6.38. The summed E-state index contributed by atoms with van der Waals surface area (Å²) in [6.45, 7) is 0. The molecule has 2 aromatic carbocycles. The fourth-order valence-corrected chi connectivity index (χ4v) is 2.66. The highest BCUT2D eigenvalue weighted by Crippen LogP contribution is 2.33. The lowest BCUT2D eigenvalue weighted by Crippen LogP contribution is -2.00. The van der Waals surface area contributed by atoms with Crippen molar-refractivity contribution in [3.05, 3.63) is 52.0 Å². The monoisotopic (exact) mass is 335 g/mol. The smallest absolute Gasteiger partial charge is 0.335 e. The van der Waals surface area contributed by atoms with E-state index in [-0.39, 0.29) is 5.56 Å². The SMILES string of the molecule is Cn1c(Nc2c(Cl)cccc2Cl)nc2ccc(C(=O)O)cc21. The van der Waals surface area contributed by atoms with E-state index in [4.69, 9.17) is 28.3 Å². The number of aromatic nitrogens is 2. The van der Waals surface area contributed by atoms with Gasteiger partial charge in [0.05, 0.1) is 32.3 Å². The molecule has 0 fully saturated rings. The van der Waals surface area contributed by atoms with Crippen LogP contribution >= 0.6 is 23.2 Å². The molecular formula is C15H11Cl2N3O2. The van der Waals surface area contributed by atoms with Gasteiger partial charge in [0.1, 0.15) is 0 Å². The number of anilines is 2. The number of hydrogen-bond donors (Lipinski definition) is 2. The van der Waals surface area contributed by atoms with Gasteiger partial charge < -0.3 is 15.0 Å². The number of para-hydroxylation sites is 1. The molecule has 0 radical (unpaired) electrons. The number of carboxylic acids is 1. The van der Waals surface area contributed by atoms with E-state index in [2.05, 4.69) is 10.3 Å². The minimum atomic E-state index is -0.980. The second-order valence-electron chi connectivity index (χ2n) is 4.72. The number of carbonyl (C=O) groups is 1. The van der Waals surface area contributed by atoms with Crippen molar-refractivity contribution in [3.63, 3.8) is 0 Å². The van der Waals surface area contributed by atoms with Crippen molar-refractivity contribution in [3.8, 4) is 0 Å². The molecule has 1 aromatic heterocycles. The third kappa shape index (κ3) is 2.49. The Morgan fingerprint density at radius 1 is 1.23 bits per heavy atom. The summed E-state index contributed by atoms with van der Waals surface area (Å²) < 4.78 is 1.75. The van der Waals surface area contributed by atoms with Gasteiger partial charge in [0, 0.05) is 7.05 Å². The fourth-order valence-electron chi connectivity index (χ4n) is 2.16. The lowest BCUT2D eigenvalue weighted by Gasteiger charge is -2.09. The second-order valence-corrected chi connectivity index (χ2v) is 5.54. The molecule has 22 heavy (non-hydrogen) atoms. The molecule has 0 unspecified atom stereocenters. The van der Waals surface area contributed by atoms with Crippen molar-refractivity contribution < 1.29 is 9.90 Å². The normalized spacial score (nSPS) is 10.9. The highest BCUT2D eigenvalue weighted by Gasteiger charge is 2.13. The summed E-state index contributed by atoms with van der Waals surface area (Å²) >= 11 is 12.3. The Morgan fingerprint density at radius 3 is 2.55 bits per heavy atom. The molecule has 112 valence electrons. The van der Waals surface area contributed by atoms with Crippen LogP contribution < -0.4 is 5.32 Å². The van der Waals surface area contributed by atoms with Gasteiger partial charge in [0.15, 0.2) is 0 Å². The van der Waals surface area contributed by atoms with Crippen LogP contribution in [-0.4, -0.2) is 20.6 Å². The molecule has 0 saturated heterocycles. The highest BCUT2D eigenvalue weighted by atomic mass is 35.5. The van der Waals surface area contributed by atoms with E-state index >= 15 is 0 Å². The summed E-state index contributed by atoms with van der Waals surface area (Å²) in [7, 11) is 1.79. The number of carboxylic acid groups (broad SMARTS) is 1. The van der Waals surface area contributed by atoms with Crippen molar-refractivity contribution in [1.82, 2.24) is 9.55 Å². The molecule has 0 amide bonds. The molecule has 3 rings (SSSR count). The predicted octanol–water partition coefficient (Wildman–Crippen LogP) is 4.32. The number of nitrogens with one attached hydrogen (secondary N) is 1. The van der Waals surface area contributed by atoms with Crippen molar-refractivity contribution >= 4 is 51.8 Å². The number of hydrogen-bond acceptors (Lipinski definition) is 3. The molecule has 0 bridgehead atoms. The van der Waals surface area contributed by atoms with E-state index in [0.29, 0.717) is 32.7 Å². The first kappa shape index (κ1) is 14.7. The fraction of sp³-hybridized carbons (Fsp3) is 0.0667. The van der Waals surface area contributed by atoms with Crippen LogP contribution in [0.5, 0.6) is 0 Å². The average molecular weight is 336 g/mol. The minimum Gasteiger partial charge on any atom is -0.478 e. The number of imidazole rings is 1. The minimum absolute atomic E-state index is 0.206. The summed E-state index contributed by atoms with van der Waals surface area (Å²) in [6.07, 6.45) is 0. The molecule has 0 spiro atoms. The van der Waals surface area contributed by atoms with Crippen molar-refractivity contribution in [2.75, 3.05) is 5.32 Å². The maximum atomic E-state index is 11.1. The zero-order valence-corrected chi connectivity index (χ0v) is 13.0. The van der Waals surface area contributed by atoms with Crippen LogP contribution in [0.3, 0.4) is 0 Å². The molecule has 0 saturated carbocycles. The molecule has 2 N–H and O–H groups in total. The Morgan fingerprint density at radius 2 is 1.91 bits per heavy atom. The van der Waals surface area contributed by atoms with E-state index in [0.717, 1.165) is 0 Å². The third-order valence-corrected chi connectivity index (χ3v) is 3.96. The maximum absolute atomic E-state index is 11.1. The van der Waals surface area contributed by atoms with Crippen LogP contribution in [0.25, 0.3) is 11.0 Å². The van der Waals surface area contributed by atoms with Gasteiger partial charge in [-0.3, -0.25) is 0 Å². The van der Waals surface area contributed by atoms with E-state index in [1.165, 1.54) is 6.07 Å². The topological polar surface area (TPSA) is 67.2 Å². The Balaban J connectivity index is 2.08. The average Bonchev–Trinajstić information content (AvgIpc) is 2.79. The van der Waals surface area contributed by atoms with Crippen molar-refractivity contribution in [2.45, 2.75) is 0 Å². The Labute approximate surface area is 136 Å². The summed E-state index contributed by atoms with van der Waals surface area (Å²) in [6, 6.07) is 9.96. The lowest BCUT2D eigenvalue weighted by atomic mass is 10.2. The summed E-state index contributed by atoms with van der Waals surface area (Å²) in [5.41, 5.74) is 2.14. The molecule has 1 heterocycles. The summed E-state index contributed by atoms with van der Waals surface area (Å²) in [5.74, 6) is -0.459. The van der Waals surface area contributed by atoms with Gasteiger partial charge >= 0.3 is 5.97 Å². The quantitative estimate of drug-likeness (QED) is 0.747. The van der Waals surface area contributed by atoms with Gasteiger partial charge in [0.2, 0.25) is 5.95 Å². The van der Waals surface area contributed by atoms with Crippen molar-refractivity contribution in [2.24, 2.45) is 7.05 Å². The zero-order chi connectivity index (χ0) is 15.9. The Hall–Kier alpha value is -2.24. The molecule has 7 heteroatoms. The molecular weight excluding hydrogens is 325 g/mol. The molecule has 5 nitrogen and oxygen atoms in total. The van der Waals surface area contributed by atoms with Crippen LogP contribution in [0.2, 0.25) is 10.0 Å². The van der Waals surface area contributed by atoms with E-state index in [1.54, 1.807) is 41.9 Å². The highest BCUT2D eigenvalue weighted by molar-refractivity contribution is 6.39. The van der Waals surface area contributed by atoms with Gasteiger partial charge in [-0.15, -0.1) is 0 Å². The number of fused-ring (bicyclic) bond motifs is 1. The standard InChI is InChI=1S/C15H11Cl2N3O2/c1-20-12-7-8(14(21)22)5-6-11(12)18-15(20)19-13-9(16)3-2-4-10(13)17/h2-7H,1H3,(H,18,19)(H,21,22). The van der Waals surface area contributed by atoms with Crippen molar-refractivity contribution in [1.29, 1.82) is 0 Å². The second kappa shape index (κ2) is 5.51. The number of aryl methyl sites for hydroxylation is 1. The number of nitrogens with zero attached hydrogens (tertiary/aromatic N) is 2. The van der Waals surface area contributed by atoms with E-state index in [1.807, 2.05) is 0 Å². The molecule has 0 aliphatic heterocycles. The van der Waals surface area contributed by atoms with Crippen LogP contribution in [0.4, 0.5) is 11.6 Å². The van der Waals surface area contributed by atoms with Gasteiger partial charge in [-0.05, 0) is 30.3 Å². The zero-order valence-electron chi connectivity index (χ0n) is 11.5. The molecule has 0 aliphatic carbocycles. The van der Waals surface area contributed by atoms with E-state index in [9.17, 15) is 4.79 Å². The Kier molecular flexibility index (Phi) is 3.68. The Bertz CT molecular complexity index is 870. The van der Waals surface area contributed by atoms with Gasteiger partial charge in [-0.25, -0.2) is 9.78 Å². The van der Waals surface area contributed by atoms with Crippen LogP contribution in [-0.2, 0) is 7.05 Å². The third-order valence-electron chi connectivity index (χ3n) is 3.33. The number of aromatic carboxylic acids is 1. The van der Waals surface area contributed by atoms with Crippen LogP contribution in [0, 0.1) is 0 Å². The largest absolute Gasteiger partial charge is 0.478 e. The van der Waals surface area contributed by atoms with Crippen LogP contribution in [0.1, 0.15) is 10.4 Å². The lowest BCUT2D eigenvalue weighted by molar-refractivity contribution is 0.0697. The van der Waals surface area contributed by atoms with Gasteiger partial charge in [-0.1, -0.05) is 29.3 Å². The first-order valence-corrected chi connectivity index (χ1v) is 7.14. The number of rotatable bonds is 3.